The van der Waals surface area contributed by atoms with E-state index in [1.165, 1.54) is 5.57 Å². The fourth-order valence-electron chi connectivity index (χ4n) is 6.77. The summed E-state index contributed by atoms with van der Waals surface area (Å²) in [5, 5.41) is 41.7. The van der Waals surface area contributed by atoms with Crippen molar-refractivity contribution in [3.8, 4) is 0 Å². The van der Waals surface area contributed by atoms with Crippen molar-refractivity contribution in [1.82, 2.24) is 0 Å². The molecule has 3 fully saturated rings. The standard InChI is InChI=1S/C19H30O4/c1-18-6-5-11(20)7-10(18)3-4-12-13-8-14(21)17(23)19(13,2)9-15(22)16(12)18/h3,11-17,20-23H,4-9H2,1-2H3/t11-,12-,13-,14+,15-,16+,17-,18-,19-/m0/s1. The number of hydrogen-bond acceptors (Lipinski definition) is 4. The smallest absolute Gasteiger partial charge is 0.0856 e. The van der Waals surface area contributed by atoms with Crippen LogP contribution in [0.3, 0.4) is 0 Å². The van der Waals surface area contributed by atoms with Gasteiger partial charge in [-0.05, 0) is 61.7 Å². The van der Waals surface area contributed by atoms with Crippen molar-refractivity contribution < 1.29 is 20.4 Å². The Balaban J connectivity index is 1.73. The molecule has 9 atom stereocenters. The molecule has 0 bridgehead atoms. The molecule has 4 N–H and O–H groups in total. The first-order chi connectivity index (χ1) is 10.8. The lowest BCUT2D eigenvalue weighted by atomic mass is 9.47. The molecule has 4 aliphatic rings. The maximum absolute atomic E-state index is 11.0. The van der Waals surface area contributed by atoms with E-state index in [9.17, 15) is 20.4 Å². The summed E-state index contributed by atoms with van der Waals surface area (Å²) >= 11 is 0. The van der Waals surface area contributed by atoms with Crippen molar-refractivity contribution >= 4 is 0 Å². The molecule has 0 aromatic heterocycles. The van der Waals surface area contributed by atoms with E-state index >= 15 is 0 Å². The molecule has 0 heterocycles. The average Bonchev–Trinajstić information content (AvgIpc) is 2.71. The molecule has 23 heavy (non-hydrogen) atoms. The van der Waals surface area contributed by atoms with Crippen LogP contribution in [0.4, 0.5) is 0 Å². The number of hydrogen-bond donors (Lipinski definition) is 4. The fourth-order valence-corrected chi connectivity index (χ4v) is 6.77. The van der Waals surface area contributed by atoms with Crippen molar-refractivity contribution in [1.29, 1.82) is 0 Å². The minimum absolute atomic E-state index is 0.0403. The Morgan fingerprint density at radius 3 is 2.57 bits per heavy atom. The van der Waals surface area contributed by atoms with Crippen LogP contribution in [-0.2, 0) is 0 Å². The van der Waals surface area contributed by atoms with Crippen LogP contribution in [0.1, 0.15) is 52.4 Å². The van der Waals surface area contributed by atoms with E-state index in [2.05, 4.69) is 13.0 Å². The van der Waals surface area contributed by atoms with Gasteiger partial charge in [0.2, 0.25) is 0 Å². The van der Waals surface area contributed by atoms with E-state index in [-0.39, 0.29) is 28.8 Å². The van der Waals surface area contributed by atoms with Gasteiger partial charge >= 0.3 is 0 Å². The van der Waals surface area contributed by atoms with Gasteiger partial charge in [-0.3, -0.25) is 0 Å². The van der Waals surface area contributed by atoms with Gasteiger partial charge in [-0.1, -0.05) is 25.5 Å². The summed E-state index contributed by atoms with van der Waals surface area (Å²) in [6.45, 7) is 4.30. The number of fused-ring (bicyclic) bond motifs is 5. The van der Waals surface area contributed by atoms with Gasteiger partial charge < -0.3 is 20.4 Å². The zero-order valence-corrected chi connectivity index (χ0v) is 14.2. The lowest BCUT2D eigenvalue weighted by molar-refractivity contribution is -0.140. The summed E-state index contributed by atoms with van der Waals surface area (Å²) in [6.07, 6.45) is 4.80. The summed E-state index contributed by atoms with van der Waals surface area (Å²) in [7, 11) is 0. The summed E-state index contributed by atoms with van der Waals surface area (Å²) < 4.78 is 0. The Hall–Kier alpha value is -0.420. The van der Waals surface area contributed by atoms with Gasteiger partial charge in [0.1, 0.15) is 0 Å². The van der Waals surface area contributed by atoms with Gasteiger partial charge in [0.15, 0.2) is 0 Å². The van der Waals surface area contributed by atoms with Gasteiger partial charge in [0, 0.05) is 5.41 Å². The van der Waals surface area contributed by atoms with Crippen LogP contribution in [0, 0.1) is 28.6 Å². The van der Waals surface area contributed by atoms with E-state index in [1.807, 2.05) is 6.92 Å². The van der Waals surface area contributed by atoms with Crippen LogP contribution < -0.4 is 0 Å². The third-order valence-corrected chi connectivity index (χ3v) is 7.98. The Morgan fingerprint density at radius 2 is 1.83 bits per heavy atom. The Kier molecular flexibility index (Phi) is 3.52. The topological polar surface area (TPSA) is 80.9 Å². The molecule has 4 rings (SSSR count). The molecule has 3 saturated carbocycles. The Morgan fingerprint density at radius 1 is 1.09 bits per heavy atom. The molecule has 4 aliphatic carbocycles. The molecule has 0 unspecified atom stereocenters. The third-order valence-electron chi connectivity index (χ3n) is 7.98. The molecule has 4 heteroatoms. The van der Waals surface area contributed by atoms with Gasteiger partial charge in [0.25, 0.3) is 0 Å². The Labute approximate surface area is 138 Å². The van der Waals surface area contributed by atoms with Crippen LogP contribution in [0.2, 0.25) is 0 Å². The SMILES string of the molecule is C[C@]12C[C@H](O)[C@H]3[C@@H](CC=C4C[C@@H](O)CC[C@@]43C)[C@@H]1C[C@@H](O)[C@@H]2O. The lowest BCUT2D eigenvalue weighted by Crippen LogP contribution is -2.57. The molecule has 4 nitrogen and oxygen atoms in total. The lowest BCUT2D eigenvalue weighted by Gasteiger charge is -2.59. The van der Waals surface area contributed by atoms with Crippen molar-refractivity contribution in [2.45, 2.75) is 76.8 Å². The first kappa shape index (κ1) is 16.1. The van der Waals surface area contributed by atoms with E-state index in [1.54, 1.807) is 0 Å². The van der Waals surface area contributed by atoms with Crippen LogP contribution >= 0.6 is 0 Å². The monoisotopic (exact) mass is 322 g/mol. The van der Waals surface area contributed by atoms with Gasteiger partial charge in [-0.15, -0.1) is 0 Å². The van der Waals surface area contributed by atoms with E-state index in [0.29, 0.717) is 18.8 Å². The van der Waals surface area contributed by atoms with E-state index in [4.69, 9.17) is 0 Å². The predicted octanol–water partition coefficient (Wildman–Crippen LogP) is 1.61. The highest BCUT2D eigenvalue weighted by Crippen LogP contribution is 2.64. The second kappa shape index (κ2) is 5.04. The van der Waals surface area contributed by atoms with Crippen LogP contribution in [0.15, 0.2) is 11.6 Å². The third kappa shape index (κ3) is 2.05. The summed E-state index contributed by atoms with van der Waals surface area (Å²) in [5.74, 6) is 0.771. The molecule has 0 aliphatic heterocycles. The largest absolute Gasteiger partial charge is 0.393 e. The van der Waals surface area contributed by atoms with Gasteiger partial charge in [0.05, 0.1) is 24.4 Å². The highest BCUT2D eigenvalue weighted by atomic mass is 16.3. The van der Waals surface area contributed by atoms with Crippen molar-refractivity contribution in [2.24, 2.45) is 28.6 Å². The maximum atomic E-state index is 11.0. The number of rotatable bonds is 0. The van der Waals surface area contributed by atoms with E-state index < -0.39 is 18.3 Å². The quantitative estimate of drug-likeness (QED) is 0.511. The highest BCUT2D eigenvalue weighted by molar-refractivity contribution is 5.27. The molecular weight excluding hydrogens is 292 g/mol. The molecule has 0 radical (unpaired) electrons. The predicted molar refractivity (Wildman–Crippen MR) is 86.5 cm³/mol. The molecule has 0 spiro atoms. The van der Waals surface area contributed by atoms with Crippen LogP contribution in [-0.4, -0.2) is 44.8 Å². The number of aliphatic hydroxyl groups excluding tert-OH is 4. The fraction of sp³-hybridized carbons (Fsp3) is 0.895. The minimum atomic E-state index is -0.727. The zero-order chi connectivity index (χ0) is 16.6. The molecule has 0 saturated heterocycles. The van der Waals surface area contributed by atoms with Gasteiger partial charge in [-0.25, -0.2) is 0 Å². The average molecular weight is 322 g/mol. The minimum Gasteiger partial charge on any atom is -0.393 e. The molecule has 130 valence electrons. The summed E-state index contributed by atoms with van der Waals surface area (Å²) in [5.41, 5.74) is 0.899. The number of allylic oxidation sites excluding steroid dienone is 1. The summed E-state index contributed by atoms with van der Waals surface area (Å²) in [4.78, 5) is 0. The first-order valence-electron chi connectivity index (χ1n) is 9.19. The molecule has 0 aromatic carbocycles. The first-order valence-corrected chi connectivity index (χ1v) is 9.19. The number of aliphatic hydroxyl groups is 4. The van der Waals surface area contributed by atoms with Crippen molar-refractivity contribution in [3.05, 3.63) is 11.6 Å². The Bertz CT molecular complexity index is 531. The van der Waals surface area contributed by atoms with Crippen LogP contribution in [0.5, 0.6) is 0 Å². The van der Waals surface area contributed by atoms with Gasteiger partial charge in [-0.2, -0.15) is 0 Å². The van der Waals surface area contributed by atoms with Crippen molar-refractivity contribution in [3.63, 3.8) is 0 Å². The molecule has 0 aromatic rings. The zero-order valence-electron chi connectivity index (χ0n) is 14.2. The van der Waals surface area contributed by atoms with E-state index in [0.717, 1.165) is 25.7 Å². The molecule has 0 amide bonds. The molecular formula is C19H30O4. The normalized spacial score (nSPS) is 58.9. The maximum Gasteiger partial charge on any atom is 0.0856 e. The summed E-state index contributed by atoms with van der Waals surface area (Å²) in [6, 6.07) is 0. The van der Waals surface area contributed by atoms with Crippen LogP contribution in [0.25, 0.3) is 0 Å². The van der Waals surface area contributed by atoms with Crippen molar-refractivity contribution in [2.75, 3.05) is 0 Å². The second-order valence-electron chi connectivity index (χ2n) is 9.10. The second-order valence-corrected chi connectivity index (χ2v) is 9.10. The highest BCUT2D eigenvalue weighted by Gasteiger charge is 2.63.